The lowest BCUT2D eigenvalue weighted by Gasteiger charge is -2.15. The van der Waals surface area contributed by atoms with Crippen LogP contribution in [0.2, 0.25) is 0 Å². The minimum Gasteiger partial charge on any atom is -0.463 e. The zero-order valence-corrected chi connectivity index (χ0v) is 15.3. The van der Waals surface area contributed by atoms with E-state index in [1.54, 1.807) is 31.9 Å². The van der Waals surface area contributed by atoms with Crippen molar-refractivity contribution in [3.8, 4) is 11.6 Å². The molecule has 0 aliphatic heterocycles. The van der Waals surface area contributed by atoms with Crippen molar-refractivity contribution in [2.75, 3.05) is 20.6 Å². The maximum atomic E-state index is 12.0. The van der Waals surface area contributed by atoms with Gasteiger partial charge in [0.15, 0.2) is 6.10 Å². The number of nitrogens with one attached hydrogen (secondary N) is 1. The Morgan fingerprint density at radius 2 is 2.00 bits per heavy atom. The van der Waals surface area contributed by atoms with Crippen LogP contribution in [0.25, 0.3) is 5.69 Å². The average Bonchev–Trinajstić information content (AvgIpc) is 2.93. The third-order valence-corrected chi connectivity index (χ3v) is 3.77. The van der Waals surface area contributed by atoms with E-state index in [0.717, 1.165) is 5.69 Å². The molecule has 1 aromatic carbocycles. The fourth-order valence-corrected chi connectivity index (χ4v) is 2.18. The summed E-state index contributed by atoms with van der Waals surface area (Å²) in [6.07, 6.45) is 0.973. The van der Waals surface area contributed by atoms with Gasteiger partial charge in [-0.05, 0) is 35.0 Å². The Morgan fingerprint density at radius 3 is 2.62 bits per heavy atom. The number of halogens is 1. The predicted molar refractivity (Wildman–Crippen MR) is 93.1 cm³/mol. The number of carbonyl (C=O) groups is 2. The quantitative estimate of drug-likeness (QED) is 0.807. The van der Waals surface area contributed by atoms with Gasteiger partial charge in [0.05, 0.1) is 16.7 Å². The van der Waals surface area contributed by atoms with E-state index >= 15 is 0 Å². The first-order chi connectivity index (χ1) is 11.4. The summed E-state index contributed by atoms with van der Waals surface area (Å²) >= 11 is 3.37. The van der Waals surface area contributed by atoms with Crippen molar-refractivity contribution in [3.05, 3.63) is 41.0 Å². The highest BCUT2D eigenvalue weighted by Crippen LogP contribution is 2.25. The second kappa shape index (κ2) is 7.96. The first-order valence-corrected chi connectivity index (χ1v) is 8.13. The minimum absolute atomic E-state index is 0.0703. The first-order valence-electron chi connectivity index (χ1n) is 7.33. The van der Waals surface area contributed by atoms with Gasteiger partial charge in [-0.1, -0.05) is 18.2 Å². The zero-order chi connectivity index (χ0) is 17.7. The number of nitrogens with zero attached hydrogens (tertiary/aromatic N) is 3. The van der Waals surface area contributed by atoms with E-state index in [-0.39, 0.29) is 18.4 Å². The Labute approximate surface area is 148 Å². The van der Waals surface area contributed by atoms with Crippen LogP contribution in [-0.4, -0.2) is 53.2 Å². The number of hydrogen-bond donors (Lipinski definition) is 1. The molecule has 128 valence electrons. The number of benzene rings is 1. The number of aromatic nitrogens is 2. The highest BCUT2D eigenvalue weighted by Gasteiger charge is 2.19. The van der Waals surface area contributed by atoms with Crippen LogP contribution in [0, 0.1) is 0 Å². The van der Waals surface area contributed by atoms with Crippen LogP contribution in [0.15, 0.2) is 41.0 Å². The Balaban J connectivity index is 1.99. The highest BCUT2D eigenvalue weighted by molar-refractivity contribution is 9.10. The average molecular weight is 395 g/mol. The molecule has 0 fully saturated rings. The standard InChI is InChI=1S/C16H19BrN4O3/c1-11(15(23)18-9-14(22)20(2)3)24-16-13(17)10-21(19-16)12-7-5-4-6-8-12/h4-8,10-11H,9H2,1-3H3,(H,18,23). The minimum atomic E-state index is -0.782. The van der Waals surface area contributed by atoms with Crippen LogP contribution in [0.1, 0.15) is 6.92 Å². The van der Waals surface area contributed by atoms with Crippen LogP contribution in [-0.2, 0) is 9.59 Å². The Kier molecular flexibility index (Phi) is 5.97. The molecule has 0 radical (unpaired) electrons. The highest BCUT2D eigenvalue weighted by atomic mass is 79.9. The maximum absolute atomic E-state index is 12.0. The zero-order valence-electron chi connectivity index (χ0n) is 13.7. The molecule has 8 heteroatoms. The summed E-state index contributed by atoms with van der Waals surface area (Å²) in [6.45, 7) is 1.53. The molecule has 2 rings (SSSR count). The largest absolute Gasteiger partial charge is 0.463 e. The number of para-hydroxylation sites is 1. The topological polar surface area (TPSA) is 76.5 Å². The Bertz CT molecular complexity index is 715. The summed E-state index contributed by atoms with van der Waals surface area (Å²) in [5.74, 6) is -0.267. The SMILES string of the molecule is CC(Oc1nn(-c2ccccc2)cc1Br)C(=O)NCC(=O)N(C)C. The van der Waals surface area contributed by atoms with E-state index in [2.05, 4.69) is 26.3 Å². The Hall–Kier alpha value is -2.35. The molecule has 0 bridgehead atoms. The van der Waals surface area contributed by atoms with Crippen molar-refractivity contribution in [3.63, 3.8) is 0 Å². The van der Waals surface area contributed by atoms with Gasteiger partial charge in [0, 0.05) is 20.3 Å². The second-order valence-corrected chi connectivity index (χ2v) is 6.18. The van der Waals surface area contributed by atoms with E-state index in [4.69, 9.17) is 4.74 Å². The summed E-state index contributed by atoms with van der Waals surface area (Å²) < 4.78 is 7.87. The molecular weight excluding hydrogens is 376 g/mol. The van der Waals surface area contributed by atoms with Gasteiger partial charge in [-0.15, -0.1) is 5.10 Å². The summed E-state index contributed by atoms with van der Waals surface area (Å²) in [4.78, 5) is 24.9. The fraction of sp³-hybridized carbons (Fsp3) is 0.312. The van der Waals surface area contributed by atoms with E-state index in [1.165, 1.54) is 4.90 Å². The fourth-order valence-electron chi connectivity index (χ4n) is 1.82. The lowest BCUT2D eigenvalue weighted by Crippen LogP contribution is -2.42. The number of carbonyl (C=O) groups excluding carboxylic acids is 2. The van der Waals surface area contributed by atoms with Gasteiger partial charge in [-0.3, -0.25) is 9.59 Å². The van der Waals surface area contributed by atoms with Crippen LogP contribution >= 0.6 is 15.9 Å². The van der Waals surface area contributed by atoms with Crippen molar-refractivity contribution in [2.45, 2.75) is 13.0 Å². The molecule has 24 heavy (non-hydrogen) atoms. The monoisotopic (exact) mass is 394 g/mol. The first kappa shape index (κ1) is 18.0. The number of hydrogen-bond acceptors (Lipinski definition) is 4. The van der Waals surface area contributed by atoms with Crippen LogP contribution in [0.4, 0.5) is 0 Å². The molecule has 0 saturated carbocycles. The summed E-state index contributed by atoms with van der Waals surface area (Å²) in [5.41, 5.74) is 0.877. The molecular formula is C16H19BrN4O3. The summed E-state index contributed by atoms with van der Waals surface area (Å²) in [7, 11) is 3.25. The molecule has 1 unspecified atom stereocenters. The molecule has 0 aliphatic carbocycles. The smallest absolute Gasteiger partial charge is 0.261 e. The lowest BCUT2D eigenvalue weighted by molar-refractivity contribution is -0.133. The van der Waals surface area contributed by atoms with Crippen LogP contribution in [0.3, 0.4) is 0 Å². The van der Waals surface area contributed by atoms with Gasteiger partial charge in [-0.25, -0.2) is 4.68 Å². The van der Waals surface area contributed by atoms with Gasteiger partial charge < -0.3 is 15.0 Å². The lowest BCUT2D eigenvalue weighted by atomic mass is 10.3. The molecule has 0 spiro atoms. The van der Waals surface area contributed by atoms with Gasteiger partial charge in [-0.2, -0.15) is 0 Å². The predicted octanol–water partition coefficient (Wildman–Crippen LogP) is 1.61. The number of ether oxygens (including phenoxy) is 1. The number of rotatable bonds is 6. The van der Waals surface area contributed by atoms with Crippen molar-refractivity contribution in [2.24, 2.45) is 0 Å². The van der Waals surface area contributed by atoms with Gasteiger partial charge >= 0.3 is 0 Å². The van der Waals surface area contributed by atoms with Crippen LogP contribution in [0.5, 0.6) is 5.88 Å². The van der Waals surface area contributed by atoms with Crippen molar-refractivity contribution in [1.29, 1.82) is 0 Å². The molecule has 1 N–H and O–H groups in total. The van der Waals surface area contributed by atoms with E-state index in [9.17, 15) is 9.59 Å². The van der Waals surface area contributed by atoms with E-state index in [0.29, 0.717) is 10.4 Å². The molecule has 7 nitrogen and oxygen atoms in total. The van der Waals surface area contributed by atoms with E-state index < -0.39 is 6.10 Å². The molecule has 0 aliphatic rings. The molecule has 2 aromatic rings. The molecule has 1 heterocycles. The Morgan fingerprint density at radius 1 is 1.33 bits per heavy atom. The molecule has 1 atom stereocenters. The third kappa shape index (κ3) is 4.58. The van der Waals surface area contributed by atoms with E-state index in [1.807, 2.05) is 30.3 Å². The molecule has 0 saturated heterocycles. The van der Waals surface area contributed by atoms with Crippen LogP contribution < -0.4 is 10.1 Å². The van der Waals surface area contributed by atoms with Crippen molar-refractivity contribution < 1.29 is 14.3 Å². The summed E-state index contributed by atoms with van der Waals surface area (Å²) in [5, 5.41) is 6.85. The molecule has 2 amide bonds. The van der Waals surface area contributed by atoms with Gasteiger partial charge in [0.1, 0.15) is 0 Å². The van der Waals surface area contributed by atoms with Crippen molar-refractivity contribution >= 4 is 27.7 Å². The maximum Gasteiger partial charge on any atom is 0.261 e. The number of amides is 2. The van der Waals surface area contributed by atoms with Gasteiger partial charge in [0.2, 0.25) is 11.8 Å². The van der Waals surface area contributed by atoms with Crippen molar-refractivity contribution in [1.82, 2.24) is 20.0 Å². The molecule has 1 aromatic heterocycles. The normalized spacial score (nSPS) is 11.7. The van der Waals surface area contributed by atoms with Gasteiger partial charge in [0.25, 0.3) is 5.91 Å². The second-order valence-electron chi connectivity index (χ2n) is 5.33. The third-order valence-electron chi connectivity index (χ3n) is 3.23. The number of likely N-dealkylation sites (N-methyl/N-ethyl adjacent to an activating group) is 1. The summed E-state index contributed by atoms with van der Waals surface area (Å²) in [6, 6.07) is 9.55.